The molecule has 0 spiro atoms. The molecule has 19 heteroatoms. The van der Waals surface area contributed by atoms with Crippen LogP contribution in [0.5, 0.6) is 0 Å². The number of carbonyl (C=O) groups excluding carboxylic acids is 1. The van der Waals surface area contributed by atoms with Gasteiger partial charge in [-0.25, -0.2) is 0 Å². The molecule has 424 valence electrons. The van der Waals surface area contributed by atoms with Crippen molar-refractivity contribution in [3.63, 3.8) is 0 Å². The Hall–Kier alpha value is -2.25. The van der Waals surface area contributed by atoms with Crippen LogP contribution in [0.3, 0.4) is 0 Å². The molecule has 12 N–H and O–H groups in total. The summed E-state index contributed by atoms with van der Waals surface area (Å²) in [5.74, 6) is -0.304. The third kappa shape index (κ3) is 23.5. The molecule has 17 atom stereocenters. The molecule has 3 rings (SSSR count). The van der Waals surface area contributed by atoms with Gasteiger partial charge in [0.05, 0.1) is 38.6 Å². The maximum atomic E-state index is 13.2. The summed E-state index contributed by atoms with van der Waals surface area (Å²) in [5, 5.41) is 120. The molecule has 19 nitrogen and oxygen atoms in total. The van der Waals surface area contributed by atoms with Crippen LogP contribution in [0.4, 0.5) is 0 Å². The topological polar surface area (TPSA) is 307 Å². The van der Waals surface area contributed by atoms with Crippen molar-refractivity contribution in [2.75, 3.05) is 26.4 Å². The number of hydrogen-bond acceptors (Lipinski definition) is 18. The lowest BCUT2D eigenvalue weighted by atomic mass is 9.96. The van der Waals surface area contributed by atoms with Crippen LogP contribution in [-0.2, 0) is 33.2 Å². The average molecular weight is 1050 g/mol. The van der Waals surface area contributed by atoms with Crippen molar-refractivity contribution in [1.82, 2.24) is 5.32 Å². The minimum absolute atomic E-state index is 0.217. The number of rotatable bonds is 38. The highest BCUT2D eigenvalue weighted by atomic mass is 16.8. The minimum Gasteiger partial charge on any atom is -0.394 e. The van der Waals surface area contributed by atoms with E-state index in [1.165, 1.54) is 51.4 Å². The second-order valence-electron chi connectivity index (χ2n) is 19.7. The van der Waals surface area contributed by atoms with Crippen LogP contribution in [-0.4, -0.2) is 193 Å². The summed E-state index contributed by atoms with van der Waals surface area (Å²) in [6.45, 7) is 1.58. The Balaban J connectivity index is 1.56. The van der Waals surface area contributed by atoms with Gasteiger partial charge in [-0.3, -0.25) is 4.79 Å². The van der Waals surface area contributed by atoms with Gasteiger partial charge in [0.25, 0.3) is 0 Å². The number of ether oxygens (including phenoxy) is 6. The first-order chi connectivity index (χ1) is 35.3. The van der Waals surface area contributed by atoms with Gasteiger partial charge in [-0.05, 0) is 57.8 Å². The summed E-state index contributed by atoms with van der Waals surface area (Å²) in [6, 6.07) is -0.995. The summed E-state index contributed by atoms with van der Waals surface area (Å²) in [4.78, 5) is 13.2. The summed E-state index contributed by atoms with van der Waals surface area (Å²) in [5.41, 5.74) is 0. The fourth-order valence-corrected chi connectivity index (χ4v) is 9.01. The second-order valence-corrected chi connectivity index (χ2v) is 19.7. The SMILES string of the molecule is CCC/C=C\C/C=C\CCCCCCCC(=O)NC(COC1OC(CO)C(OC2OC(CO)C(OC3OC(CO)C(O)C(O)C3O)C(O)C2O)C(O)C1O)C(O)/C=C/CC/C=C/CCCCCCCCCCC. The highest BCUT2D eigenvalue weighted by Crippen LogP contribution is 2.33. The van der Waals surface area contributed by atoms with Gasteiger partial charge in [0.15, 0.2) is 18.9 Å². The van der Waals surface area contributed by atoms with Gasteiger partial charge in [-0.1, -0.05) is 140 Å². The van der Waals surface area contributed by atoms with E-state index in [1.807, 2.05) is 6.08 Å². The summed E-state index contributed by atoms with van der Waals surface area (Å²) < 4.78 is 34.1. The molecule has 0 aromatic heterocycles. The first-order valence-electron chi connectivity index (χ1n) is 27.4. The number of allylic oxidation sites excluding steroid dienone is 7. The molecule has 0 saturated carbocycles. The van der Waals surface area contributed by atoms with Crippen LogP contribution in [0.1, 0.15) is 155 Å². The van der Waals surface area contributed by atoms with Crippen molar-refractivity contribution in [2.24, 2.45) is 0 Å². The van der Waals surface area contributed by atoms with E-state index < -0.39 is 124 Å². The number of amides is 1. The summed E-state index contributed by atoms with van der Waals surface area (Å²) in [6.07, 6.45) is 12.5. The Morgan fingerprint density at radius 2 is 0.945 bits per heavy atom. The molecule has 0 aliphatic carbocycles. The molecule has 3 saturated heterocycles. The number of aliphatic hydroxyl groups is 11. The quantitative estimate of drug-likeness (QED) is 0.0312. The van der Waals surface area contributed by atoms with Gasteiger partial charge >= 0.3 is 0 Å². The number of aliphatic hydroxyl groups excluding tert-OH is 11. The van der Waals surface area contributed by atoms with E-state index >= 15 is 0 Å². The second kappa shape index (κ2) is 38.3. The van der Waals surface area contributed by atoms with E-state index in [0.29, 0.717) is 12.8 Å². The maximum Gasteiger partial charge on any atom is 0.220 e. The molecule has 3 aliphatic rings. The monoisotopic (exact) mass is 1050 g/mol. The number of nitrogens with one attached hydrogen (secondary N) is 1. The third-order valence-electron chi connectivity index (χ3n) is 13.6. The van der Waals surface area contributed by atoms with Crippen LogP contribution in [0.15, 0.2) is 48.6 Å². The molecule has 0 aromatic carbocycles. The Bertz CT molecular complexity index is 1530. The van der Waals surface area contributed by atoms with Gasteiger partial charge < -0.3 is 89.9 Å². The molecule has 0 radical (unpaired) electrons. The van der Waals surface area contributed by atoms with E-state index in [9.17, 15) is 61.0 Å². The van der Waals surface area contributed by atoms with E-state index in [2.05, 4.69) is 55.6 Å². The predicted octanol–water partition coefficient (Wildman–Crippen LogP) is 3.14. The predicted molar refractivity (Wildman–Crippen MR) is 272 cm³/mol. The van der Waals surface area contributed by atoms with Gasteiger partial charge in [0.2, 0.25) is 5.91 Å². The van der Waals surface area contributed by atoms with E-state index in [1.54, 1.807) is 6.08 Å². The van der Waals surface area contributed by atoms with E-state index in [4.69, 9.17) is 28.4 Å². The standard InChI is InChI=1S/C54H95NO18/c1-3-5-7-9-11-13-15-17-18-20-21-23-25-27-29-31-38(59)37(55-42(60)32-30-28-26-24-22-19-16-14-12-10-8-6-4-2)36-68-52-48(66)45(63)50(40(34-57)70-52)73-54-49(67)46(64)51(41(35-58)71-54)72-53-47(65)44(62)43(61)39(33-56)69-53/h8,10,14,16,21,23,29,31,37-41,43-54,56-59,61-67H,3-7,9,11-13,15,17-20,22,24-28,30,32-36H2,1-2H3,(H,55,60)/b10-8-,16-14-,23-21+,31-29+. The normalized spacial score (nSPS) is 32.1. The average Bonchev–Trinajstić information content (AvgIpc) is 3.39. The van der Waals surface area contributed by atoms with Crippen molar-refractivity contribution < 1.29 is 89.4 Å². The van der Waals surface area contributed by atoms with Crippen LogP contribution in [0.25, 0.3) is 0 Å². The van der Waals surface area contributed by atoms with Crippen molar-refractivity contribution in [3.05, 3.63) is 48.6 Å². The highest BCUT2D eigenvalue weighted by molar-refractivity contribution is 5.76. The molecule has 0 bridgehead atoms. The molecule has 3 aliphatic heterocycles. The first kappa shape index (κ1) is 65.0. The Kier molecular flexibility index (Phi) is 34.1. The lowest BCUT2D eigenvalue weighted by molar-refractivity contribution is -0.379. The Morgan fingerprint density at radius 1 is 0.493 bits per heavy atom. The van der Waals surface area contributed by atoms with Gasteiger partial charge in [-0.15, -0.1) is 0 Å². The Morgan fingerprint density at radius 3 is 1.51 bits per heavy atom. The molecule has 1 amide bonds. The lowest BCUT2D eigenvalue weighted by Gasteiger charge is -2.48. The van der Waals surface area contributed by atoms with Crippen LogP contribution in [0, 0.1) is 0 Å². The zero-order valence-electron chi connectivity index (χ0n) is 43.6. The van der Waals surface area contributed by atoms with Crippen LogP contribution in [0.2, 0.25) is 0 Å². The molecular formula is C54H95NO18. The zero-order valence-corrected chi connectivity index (χ0v) is 43.6. The number of carbonyl (C=O) groups is 1. The van der Waals surface area contributed by atoms with Crippen molar-refractivity contribution in [3.8, 4) is 0 Å². The number of unbranched alkanes of at least 4 members (excludes halogenated alkanes) is 16. The van der Waals surface area contributed by atoms with Crippen LogP contribution < -0.4 is 5.32 Å². The molecule has 73 heavy (non-hydrogen) atoms. The molecule has 3 fully saturated rings. The third-order valence-corrected chi connectivity index (χ3v) is 13.6. The van der Waals surface area contributed by atoms with Crippen molar-refractivity contribution >= 4 is 5.91 Å². The largest absolute Gasteiger partial charge is 0.394 e. The molecule has 0 aromatic rings. The number of hydrogen-bond donors (Lipinski definition) is 12. The molecule has 3 heterocycles. The summed E-state index contributed by atoms with van der Waals surface area (Å²) >= 11 is 0. The lowest BCUT2D eigenvalue weighted by Crippen LogP contribution is -2.66. The van der Waals surface area contributed by atoms with Gasteiger partial charge in [0, 0.05) is 6.42 Å². The first-order valence-corrected chi connectivity index (χ1v) is 27.4. The van der Waals surface area contributed by atoms with Gasteiger partial charge in [-0.2, -0.15) is 0 Å². The summed E-state index contributed by atoms with van der Waals surface area (Å²) in [7, 11) is 0. The smallest absolute Gasteiger partial charge is 0.220 e. The van der Waals surface area contributed by atoms with E-state index in [0.717, 1.165) is 70.6 Å². The van der Waals surface area contributed by atoms with Gasteiger partial charge in [0.1, 0.15) is 73.2 Å². The maximum absolute atomic E-state index is 13.2. The zero-order chi connectivity index (χ0) is 53.4. The molecular weight excluding hydrogens is 951 g/mol. The highest BCUT2D eigenvalue weighted by Gasteiger charge is 2.53. The van der Waals surface area contributed by atoms with E-state index in [-0.39, 0.29) is 18.9 Å². The van der Waals surface area contributed by atoms with Crippen molar-refractivity contribution in [2.45, 2.75) is 259 Å². The fourth-order valence-electron chi connectivity index (χ4n) is 9.01. The minimum atomic E-state index is -1.98. The fraction of sp³-hybridized carbons (Fsp3) is 0.833. The van der Waals surface area contributed by atoms with Crippen molar-refractivity contribution in [1.29, 1.82) is 0 Å². The molecule has 17 unspecified atom stereocenters. The Labute approximate surface area is 433 Å². The van der Waals surface area contributed by atoms with Crippen LogP contribution >= 0.6 is 0 Å².